The van der Waals surface area contributed by atoms with Gasteiger partial charge in [0.2, 0.25) is 5.82 Å². The number of hydrogen-bond donors (Lipinski definition) is 1. The molecule has 35 heavy (non-hydrogen) atoms. The first kappa shape index (κ1) is 26.7. The molecule has 0 amide bonds. The number of nitro groups is 1. The summed E-state index contributed by atoms with van der Waals surface area (Å²) in [6, 6.07) is 4.22. The summed E-state index contributed by atoms with van der Waals surface area (Å²) in [4.78, 5) is 28.0. The Morgan fingerprint density at radius 2 is 1.94 bits per heavy atom. The van der Waals surface area contributed by atoms with Gasteiger partial charge in [-0.3, -0.25) is 19.6 Å². The van der Waals surface area contributed by atoms with Crippen molar-refractivity contribution >= 4 is 49.2 Å². The first-order valence-electron chi connectivity index (χ1n) is 10.3. The average molecular weight is 581 g/mol. The largest absolute Gasteiger partial charge is 0.466 e. The summed E-state index contributed by atoms with van der Waals surface area (Å²) in [6.07, 6.45) is -3.92. The third kappa shape index (κ3) is 6.20. The number of piperidine rings is 1. The maximum atomic E-state index is 12.9. The highest BCUT2D eigenvalue weighted by Gasteiger charge is 2.33. The van der Waals surface area contributed by atoms with Crippen LogP contribution < -0.4 is 9.62 Å². The van der Waals surface area contributed by atoms with E-state index in [4.69, 9.17) is 4.74 Å². The summed E-state index contributed by atoms with van der Waals surface area (Å²) in [6.45, 7) is 2.43. The first-order chi connectivity index (χ1) is 16.3. The predicted octanol–water partition coefficient (Wildman–Crippen LogP) is 4.35. The second kappa shape index (κ2) is 10.4. The molecule has 15 heteroatoms. The monoisotopic (exact) mass is 580 g/mol. The molecule has 1 aromatic carbocycles. The summed E-state index contributed by atoms with van der Waals surface area (Å²) in [5.41, 5.74) is -1.40. The summed E-state index contributed by atoms with van der Waals surface area (Å²) >= 11 is 2.85. The highest BCUT2D eigenvalue weighted by molar-refractivity contribution is 9.10. The zero-order chi connectivity index (χ0) is 26.0. The van der Waals surface area contributed by atoms with E-state index in [0.29, 0.717) is 25.0 Å². The van der Waals surface area contributed by atoms with Crippen LogP contribution in [0.3, 0.4) is 0 Å². The fraction of sp³-hybridized carbons (Fsp3) is 0.400. The maximum absolute atomic E-state index is 12.9. The number of carbonyl (C=O) groups excluding carboxylic acids is 1. The minimum Gasteiger partial charge on any atom is -0.466 e. The van der Waals surface area contributed by atoms with Crippen LogP contribution in [0.15, 0.2) is 39.7 Å². The molecule has 0 bridgehead atoms. The summed E-state index contributed by atoms with van der Waals surface area (Å²) in [5, 5.41) is 11.5. The second-order valence-corrected chi connectivity index (χ2v) is 10.1. The summed E-state index contributed by atoms with van der Waals surface area (Å²) < 4.78 is 71.1. The van der Waals surface area contributed by atoms with Crippen LogP contribution in [0.1, 0.15) is 25.3 Å². The molecule has 0 spiro atoms. The lowest BCUT2D eigenvalue weighted by Gasteiger charge is -2.31. The van der Waals surface area contributed by atoms with Crippen LogP contribution in [0.25, 0.3) is 0 Å². The quantitative estimate of drug-likeness (QED) is 0.290. The van der Waals surface area contributed by atoms with Crippen LogP contribution in [0, 0.1) is 16.0 Å². The van der Waals surface area contributed by atoms with Crippen molar-refractivity contribution in [2.75, 3.05) is 29.3 Å². The lowest BCUT2D eigenvalue weighted by molar-refractivity contribution is -0.384. The number of halogens is 4. The van der Waals surface area contributed by atoms with Crippen molar-refractivity contribution in [2.45, 2.75) is 30.8 Å². The van der Waals surface area contributed by atoms with Gasteiger partial charge in [0.15, 0.2) is 0 Å². The zero-order valence-corrected chi connectivity index (χ0v) is 20.6. The molecule has 0 saturated carbocycles. The molecule has 0 unspecified atom stereocenters. The number of ether oxygens (including phenoxy) is 1. The second-order valence-electron chi connectivity index (χ2n) is 7.56. The molecule has 190 valence electrons. The van der Waals surface area contributed by atoms with Gasteiger partial charge in [-0.25, -0.2) is 13.4 Å². The minimum absolute atomic E-state index is 0.0935. The van der Waals surface area contributed by atoms with Gasteiger partial charge in [-0.2, -0.15) is 13.2 Å². The van der Waals surface area contributed by atoms with Crippen molar-refractivity contribution in [1.82, 2.24) is 4.98 Å². The number of pyridine rings is 1. The smallest absolute Gasteiger partial charge is 0.416 e. The van der Waals surface area contributed by atoms with Gasteiger partial charge in [0.25, 0.3) is 10.0 Å². The van der Waals surface area contributed by atoms with Crippen LogP contribution in [-0.4, -0.2) is 44.0 Å². The highest BCUT2D eigenvalue weighted by Crippen LogP contribution is 2.35. The Hall–Kier alpha value is -2.94. The van der Waals surface area contributed by atoms with Crippen LogP contribution in [0.5, 0.6) is 0 Å². The third-order valence-electron chi connectivity index (χ3n) is 5.25. The first-order valence-corrected chi connectivity index (χ1v) is 12.6. The van der Waals surface area contributed by atoms with Gasteiger partial charge < -0.3 is 9.64 Å². The molecule has 1 saturated heterocycles. The van der Waals surface area contributed by atoms with Crippen molar-refractivity contribution in [3.05, 3.63) is 50.5 Å². The number of nitrogens with zero attached hydrogens (tertiary/aromatic N) is 3. The molecular weight excluding hydrogens is 561 g/mol. The molecule has 3 rings (SSSR count). The van der Waals surface area contributed by atoms with E-state index < -0.39 is 31.6 Å². The van der Waals surface area contributed by atoms with Gasteiger partial charge in [-0.05, 0) is 60.0 Å². The van der Waals surface area contributed by atoms with E-state index in [1.54, 1.807) is 11.8 Å². The molecule has 2 heterocycles. The molecule has 1 N–H and O–H groups in total. The Morgan fingerprint density at radius 1 is 1.29 bits per heavy atom. The van der Waals surface area contributed by atoms with Crippen LogP contribution in [-0.2, 0) is 25.7 Å². The van der Waals surface area contributed by atoms with E-state index in [2.05, 4.69) is 25.6 Å². The molecule has 10 nitrogen and oxygen atoms in total. The standard InChI is InChI=1S/C20H20BrF3N4O6S/c1-2-34-19(29)12-7-9-27(10-8-12)18-15(28(30)31)4-6-17(25-18)26-35(32,33)16-5-3-13(11-14(16)21)20(22,23)24/h3-6,11-12H,2,7-10H2,1H3,(H,25,26). The van der Waals surface area contributed by atoms with Crippen LogP contribution in [0.4, 0.5) is 30.5 Å². The fourth-order valence-corrected chi connectivity index (χ4v) is 5.63. The number of sulfonamides is 1. The molecule has 0 aliphatic carbocycles. The van der Waals surface area contributed by atoms with Crippen molar-refractivity contribution in [1.29, 1.82) is 0 Å². The van der Waals surface area contributed by atoms with E-state index >= 15 is 0 Å². The van der Waals surface area contributed by atoms with Crippen molar-refractivity contribution in [3.63, 3.8) is 0 Å². The molecule has 0 radical (unpaired) electrons. The number of rotatable bonds is 7. The van der Waals surface area contributed by atoms with Crippen molar-refractivity contribution < 1.29 is 36.0 Å². The Balaban J connectivity index is 1.86. The van der Waals surface area contributed by atoms with E-state index in [1.165, 1.54) is 0 Å². The molecule has 1 fully saturated rings. The van der Waals surface area contributed by atoms with E-state index in [9.17, 15) is 36.5 Å². The Bertz CT molecular complexity index is 1230. The number of anilines is 2. The Morgan fingerprint density at radius 3 is 2.49 bits per heavy atom. The van der Waals surface area contributed by atoms with Gasteiger partial charge >= 0.3 is 17.8 Å². The van der Waals surface area contributed by atoms with Crippen molar-refractivity contribution in [3.8, 4) is 0 Å². The summed E-state index contributed by atoms with van der Waals surface area (Å²) in [5.74, 6) is -1.06. The van der Waals surface area contributed by atoms with Gasteiger partial charge in [0.05, 0.1) is 23.0 Å². The fourth-order valence-electron chi connectivity index (χ4n) is 3.55. The zero-order valence-electron chi connectivity index (χ0n) is 18.2. The Labute approximate surface area is 206 Å². The maximum Gasteiger partial charge on any atom is 0.416 e. The normalized spacial score (nSPS) is 15.1. The molecule has 2 aromatic rings. The van der Waals surface area contributed by atoms with E-state index in [1.807, 2.05) is 0 Å². The Kier molecular flexibility index (Phi) is 7.89. The van der Waals surface area contributed by atoms with Gasteiger partial charge in [-0.15, -0.1) is 0 Å². The topological polar surface area (TPSA) is 132 Å². The van der Waals surface area contributed by atoms with Crippen LogP contribution >= 0.6 is 15.9 Å². The summed E-state index contributed by atoms with van der Waals surface area (Å²) in [7, 11) is -4.39. The molecule has 1 aliphatic rings. The average Bonchev–Trinajstić information content (AvgIpc) is 2.78. The number of benzene rings is 1. The minimum atomic E-state index is -4.66. The lowest BCUT2D eigenvalue weighted by atomic mass is 9.97. The number of alkyl halides is 3. The SMILES string of the molecule is CCOC(=O)C1CCN(c2nc(NS(=O)(=O)c3ccc(C(F)(F)F)cc3Br)ccc2[N+](=O)[O-])CC1. The molecule has 1 aromatic heterocycles. The number of esters is 1. The number of carbonyl (C=O) groups is 1. The molecular formula is C20H20BrF3N4O6S. The van der Waals surface area contributed by atoms with E-state index in [0.717, 1.165) is 18.2 Å². The van der Waals surface area contributed by atoms with Gasteiger partial charge in [0, 0.05) is 23.6 Å². The third-order valence-corrected chi connectivity index (χ3v) is 7.58. The number of aromatic nitrogens is 1. The highest BCUT2D eigenvalue weighted by atomic mass is 79.9. The van der Waals surface area contributed by atoms with E-state index in [-0.39, 0.29) is 53.4 Å². The number of hydrogen-bond acceptors (Lipinski definition) is 8. The van der Waals surface area contributed by atoms with Crippen LogP contribution in [0.2, 0.25) is 0 Å². The lowest BCUT2D eigenvalue weighted by Crippen LogP contribution is -2.37. The van der Waals surface area contributed by atoms with Crippen molar-refractivity contribution in [2.24, 2.45) is 5.92 Å². The molecule has 1 aliphatic heterocycles. The predicted molar refractivity (Wildman–Crippen MR) is 122 cm³/mol. The number of nitrogens with one attached hydrogen (secondary N) is 1. The van der Waals surface area contributed by atoms with Gasteiger partial charge in [-0.1, -0.05) is 0 Å². The molecule has 0 atom stereocenters. The van der Waals surface area contributed by atoms with Gasteiger partial charge in [0.1, 0.15) is 10.7 Å².